The Balaban J connectivity index is 1.85. The van der Waals surface area contributed by atoms with Crippen LogP contribution < -0.4 is 5.32 Å². The van der Waals surface area contributed by atoms with Crippen molar-refractivity contribution >= 4 is 5.97 Å². The number of nitrogens with one attached hydrogen (secondary N) is 1. The van der Waals surface area contributed by atoms with Crippen molar-refractivity contribution < 1.29 is 28.8 Å². The van der Waals surface area contributed by atoms with Gasteiger partial charge >= 0.3 is 5.97 Å². The molecule has 0 aliphatic carbocycles. The zero-order valence-corrected chi connectivity index (χ0v) is 15.4. The normalized spacial score (nSPS) is 11.0. The Morgan fingerprint density at radius 2 is 1.58 bits per heavy atom. The topological polar surface area (TPSA) is 99.1 Å². The van der Waals surface area contributed by atoms with E-state index in [0.29, 0.717) is 59.3 Å². The second kappa shape index (κ2) is 15.7. The Labute approximate surface area is 154 Å². The quantitative estimate of drug-likeness (QED) is 0.392. The molecular formula is C18H30N2O6. The second-order valence-corrected chi connectivity index (χ2v) is 5.50. The van der Waals surface area contributed by atoms with E-state index in [1.54, 1.807) is 6.07 Å². The van der Waals surface area contributed by atoms with Crippen LogP contribution in [0.15, 0.2) is 18.3 Å². The van der Waals surface area contributed by atoms with Crippen molar-refractivity contribution in [1.82, 2.24) is 10.3 Å². The molecule has 0 aliphatic heterocycles. The molecule has 0 unspecified atom stereocenters. The van der Waals surface area contributed by atoms with Gasteiger partial charge in [0.2, 0.25) is 0 Å². The molecule has 0 radical (unpaired) electrons. The second-order valence-electron chi connectivity index (χ2n) is 5.50. The minimum atomic E-state index is -0.938. The Morgan fingerprint density at radius 1 is 1.00 bits per heavy atom. The van der Waals surface area contributed by atoms with E-state index in [1.807, 2.05) is 7.05 Å². The summed E-state index contributed by atoms with van der Waals surface area (Å²) in [6, 6.07) is 3.08. The molecule has 0 bridgehead atoms. The third kappa shape index (κ3) is 11.9. The van der Waals surface area contributed by atoms with Gasteiger partial charge in [0.05, 0.1) is 51.8 Å². The number of aromatic carboxylic acids is 1. The van der Waals surface area contributed by atoms with Gasteiger partial charge in [-0.25, -0.2) is 4.79 Å². The molecule has 0 saturated heterocycles. The first kappa shape index (κ1) is 22.5. The van der Waals surface area contributed by atoms with E-state index >= 15 is 0 Å². The van der Waals surface area contributed by atoms with Crippen LogP contribution in [0.3, 0.4) is 0 Å². The zero-order valence-electron chi connectivity index (χ0n) is 15.4. The van der Waals surface area contributed by atoms with Crippen LogP contribution in [0, 0.1) is 0 Å². The number of rotatable bonds is 17. The number of aryl methyl sites for hydroxylation is 1. The molecule has 0 amide bonds. The average molecular weight is 370 g/mol. The summed E-state index contributed by atoms with van der Waals surface area (Å²) in [7, 11) is 1.89. The fourth-order valence-electron chi connectivity index (χ4n) is 2.04. The maximum absolute atomic E-state index is 10.9. The predicted octanol–water partition coefficient (Wildman–Crippen LogP) is 0.998. The number of carbonyl (C=O) groups is 1. The highest BCUT2D eigenvalue weighted by molar-refractivity contribution is 5.87. The summed E-state index contributed by atoms with van der Waals surface area (Å²) in [5, 5.41) is 11.9. The van der Waals surface area contributed by atoms with Crippen molar-refractivity contribution in [3.63, 3.8) is 0 Å². The van der Waals surface area contributed by atoms with Crippen molar-refractivity contribution in [3.05, 3.63) is 29.6 Å². The van der Waals surface area contributed by atoms with Crippen molar-refractivity contribution in [2.24, 2.45) is 0 Å². The van der Waals surface area contributed by atoms with Crippen LogP contribution in [0.1, 0.15) is 22.5 Å². The van der Waals surface area contributed by atoms with Gasteiger partial charge in [-0.2, -0.15) is 0 Å². The van der Waals surface area contributed by atoms with Crippen LogP contribution in [-0.4, -0.2) is 82.5 Å². The van der Waals surface area contributed by atoms with Gasteiger partial charge in [0, 0.05) is 25.0 Å². The number of hydrogen-bond acceptors (Lipinski definition) is 7. The van der Waals surface area contributed by atoms with Crippen LogP contribution in [0.2, 0.25) is 0 Å². The molecule has 1 heterocycles. The van der Waals surface area contributed by atoms with Crippen molar-refractivity contribution in [1.29, 1.82) is 0 Å². The van der Waals surface area contributed by atoms with Crippen LogP contribution in [0.5, 0.6) is 0 Å². The zero-order chi connectivity index (χ0) is 18.9. The largest absolute Gasteiger partial charge is 0.478 e. The molecular weight excluding hydrogens is 340 g/mol. The van der Waals surface area contributed by atoms with E-state index < -0.39 is 5.97 Å². The minimum absolute atomic E-state index is 0.260. The summed E-state index contributed by atoms with van der Waals surface area (Å²) in [6.07, 6.45) is 2.99. The van der Waals surface area contributed by atoms with Crippen molar-refractivity contribution in [2.45, 2.75) is 12.8 Å². The Kier molecular flexibility index (Phi) is 13.5. The molecule has 1 rings (SSSR count). The van der Waals surface area contributed by atoms with E-state index in [2.05, 4.69) is 10.3 Å². The van der Waals surface area contributed by atoms with Gasteiger partial charge in [-0.3, -0.25) is 4.98 Å². The summed E-state index contributed by atoms with van der Waals surface area (Å²) in [6.45, 7) is 5.40. The Hall–Kier alpha value is -1.58. The van der Waals surface area contributed by atoms with Crippen molar-refractivity contribution in [2.75, 3.05) is 66.4 Å². The third-order valence-corrected chi connectivity index (χ3v) is 3.40. The lowest BCUT2D eigenvalue weighted by Gasteiger charge is -2.07. The van der Waals surface area contributed by atoms with Gasteiger partial charge in [-0.1, -0.05) is 0 Å². The first-order valence-electron chi connectivity index (χ1n) is 8.88. The Bertz CT molecular complexity index is 487. The molecule has 8 nitrogen and oxygen atoms in total. The lowest BCUT2D eigenvalue weighted by molar-refractivity contribution is -0.00154. The predicted molar refractivity (Wildman–Crippen MR) is 96.7 cm³/mol. The lowest BCUT2D eigenvalue weighted by Crippen LogP contribution is -2.17. The Morgan fingerprint density at radius 3 is 2.15 bits per heavy atom. The van der Waals surface area contributed by atoms with Crippen LogP contribution in [-0.2, 0) is 25.4 Å². The first-order valence-corrected chi connectivity index (χ1v) is 8.88. The van der Waals surface area contributed by atoms with E-state index in [1.165, 1.54) is 12.3 Å². The lowest BCUT2D eigenvalue weighted by atomic mass is 10.1. The summed E-state index contributed by atoms with van der Waals surface area (Å²) >= 11 is 0. The van der Waals surface area contributed by atoms with E-state index in [9.17, 15) is 4.79 Å². The number of carboxylic acids is 1. The molecule has 0 aromatic carbocycles. The number of likely N-dealkylation sites (N-methyl/N-ethyl adjacent to an activating group) is 1. The number of ether oxygens (including phenoxy) is 4. The summed E-state index contributed by atoms with van der Waals surface area (Å²) in [5.74, 6) is -0.938. The van der Waals surface area contributed by atoms with Crippen molar-refractivity contribution in [3.8, 4) is 0 Å². The monoisotopic (exact) mass is 370 g/mol. The molecule has 1 aromatic rings. The van der Waals surface area contributed by atoms with Crippen LogP contribution in [0.4, 0.5) is 0 Å². The van der Waals surface area contributed by atoms with Gasteiger partial charge in [0.15, 0.2) is 0 Å². The fourth-order valence-corrected chi connectivity index (χ4v) is 2.04. The van der Waals surface area contributed by atoms with Gasteiger partial charge in [0.25, 0.3) is 0 Å². The maximum Gasteiger partial charge on any atom is 0.335 e. The molecule has 0 aliphatic rings. The molecule has 26 heavy (non-hydrogen) atoms. The highest BCUT2D eigenvalue weighted by atomic mass is 16.6. The smallest absolute Gasteiger partial charge is 0.335 e. The van der Waals surface area contributed by atoms with E-state index in [-0.39, 0.29) is 5.56 Å². The number of aromatic nitrogens is 1. The molecule has 0 saturated carbocycles. The number of pyridine rings is 1. The highest BCUT2D eigenvalue weighted by Gasteiger charge is 2.04. The molecule has 0 atom stereocenters. The van der Waals surface area contributed by atoms with Crippen LogP contribution in [0.25, 0.3) is 0 Å². The van der Waals surface area contributed by atoms with Gasteiger partial charge in [-0.15, -0.1) is 0 Å². The molecule has 2 N–H and O–H groups in total. The summed E-state index contributed by atoms with van der Waals surface area (Å²) in [4.78, 5) is 15.0. The fraction of sp³-hybridized carbons (Fsp3) is 0.667. The molecule has 0 fully saturated rings. The number of carboxylic acid groups (broad SMARTS) is 1. The number of nitrogens with zero attached hydrogens (tertiary/aromatic N) is 1. The first-order chi connectivity index (χ1) is 12.7. The molecule has 148 valence electrons. The molecule has 8 heteroatoms. The molecule has 1 aromatic heterocycles. The SMILES string of the molecule is CNCCOCCOCCOCCOCCCc1cc(C(=O)O)ccn1. The summed E-state index contributed by atoms with van der Waals surface area (Å²) < 4.78 is 21.6. The van der Waals surface area contributed by atoms with Gasteiger partial charge in [-0.05, 0) is 32.0 Å². The van der Waals surface area contributed by atoms with Gasteiger partial charge < -0.3 is 29.4 Å². The number of hydrogen-bond donors (Lipinski definition) is 2. The molecule has 0 spiro atoms. The van der Waals surface area contributed by atoms with Gasteiger partial charge in [0.1, 0.15) is 0 Å². The standard InChI is InChI=1S/C18H30N2O6/c1-19-6-8-24-10-12-26-14-13-25-11-9-23-7-2-3-17-15-16(18(21)22)4-5-20-17/h4-5,15,19H,2-3,6-14H2,1H3,(H,21,22). The van der Waals surface area contributed by atoms with Crippen LogP contribution >= 0.6 is 0 Å². The van der Waals surface area contributed by atoms with E-state index in [4.69, 9.17) is 24.1 Å². The highest BCUT2D eigenvalue weighted by Crippen LogP contribution is 2.04. The maximum atomic E-state index is 10.9. The summed E-state index contributed by atoms with van der Waals surface area (Å²) in [5.41, 5.74) is 1.02. The minimum Gasteiger partial charge on any atom is -0.478 e. The third-order valence-electron chi connectivity index (χ3n) is 3.40. The van der Waals surface area contributed by atoms with E-state index in [0.717, 1.165) is 18.7 Å². The average Bonchev–Trinajstić information content (AvgIpc) is 2.65.